The van der Waals surface area contributed by atoms with Crippen LogP contribution in [0.1, 0.15) is 39.2 Å². The van der Waals surface area contributed by atoms with E-state index in [-0.39, 0.29) is 23.3 Å². The van der Waals surface area contributed by atoms with Gasteiger partial charge in [-0.15, -0.1) is 0 Å². The summed E-state index contributed by atoms with van der Waals surface area (Å²) in [6.07, 6.45) is 2.89. The predicted octanol–water partition coefficient (Wildman–Crippen LogP) is 5.65. The molecule has 0 unspecified atom stereocenters. The Kier molecular flexibility index (Phi) is 8.19. The summed E-state index contributed by atoms with van der Waals surface area (Å²) in [6, 6.07) is 16.4. The molecule has 0 N–H and O–H groups in total. The Morgan fingerprint density at radius 1 is 1.13 bits per heavy atom. The second kappa shape index (κ2) is 10.6. The van der Waals surface area contributed by atoms with Crippen LogP contribution in [0.25, 0.3) is 0 Å². The number of ether oxygens (including phenoxy) is 2. The van der Waals surface area contributed by atoms with Gasteiger partial charge in [-0.2, -0.15) is 0 Å². The van der Waals surface area contributed by atoms with Crippen LogP contribution in [0.4, 0.5) is 10.5 Å². The van der Waals surface area contributed by atoms with Crippen molar-refractivity contribution in [3.8, 4) is 5.75 Å². The lowest BCUT2D eigenvalue weighted by Gasteiger charge is -2.26. The summed E-state index contributed by atoms with van der Waals surface area (Å²) in [7, 11) is 1.57. The average molecular weight is 427 g/mol. The molecule has 0 radical (unpaired) electrons. The number of amides is 1. The fourth-order valence-electron chi connectivity index (χ4n) is 3.10. The van der Waals surface area contributed by atoms with Crippen LogP contribution in [0.15, 0.2) is 66.9 Å². The predicted molar refractivity (Wildman–Crippen MR) is 121 cm³/mol. The first-order chi connectivity index (χ1) is 14.6. The molecular weight excluding hydrogens is 396 g/mol. The first-order valence-electron chi connectivity index (χ1n) is 10.1. The molecule has 31 heavy (non-hydrogen) atoms. The maximum Gasteiger partial charge on any atom is 0.418 e. The van der Waals surface area contributed by atoms with Gasteiger partial charge >= 0.3 is 6.09 Å². The number of hydrogen-bond donors (Lipinski definition) is 0. The van der Waals surface area contributed by atoms with Crippen molar-refractivity contribution in [2.75, 3.05) is 18.6 Å². The number of methoxy groups -OCH3 is 1. The quantitative estimate of drug-likeness (QED) is 0.403. The molecule has 7 heteroatoms. The first kappa shape index (κ1) is 23.9. The van der Waals surface area contributed by atoms with Crippen molar-refractivity contribution in [3.05, 3.63) is 82.6 Å². The summed E-state index contributed by atoms with van der Waals surface area (Å²) in [5, 5.41) is 11.3. The molecule has 0 spiro atoms. The molecule has 1 amide bonds. The lowest BCUT2D eigenvalue weighted by Crippen LogP contribution is -2.33. The summed E-state index contributed by atoms with van der Waals surface area (Å²) in [6.45, 7) is 7.09. The van der Waals surface area contributed by atoms with E-state index < -0.39 is 11.7 Å². The van der Waals surface area contributed by atoms with Crippen LogP contribution in [0.5, 0.6) is 5.75 Å². The third-order valence-electron chi connectivity index (χ3n) is 4.69. The van der Waals surface area contributed by atoms with E-state index in [9.17, 15) is 14.9 Å². The molecule has 0 saturated heterocycles. The standard InChI is InChI=1S/C24H30N2O5/c1-18(22(17-26(28)29)19-9-7-6-8-10-19)15-16-25(23(27)31-24(2,3)4)20-11-13-21(30-5)14-12-20/h6-16,18,22H,17H2,1-5H3/b16-15+/t18-,22-/m1/s1. The van der Waals surface area contributed by atoms with Gasteiger partial charge in [0.2, 0.25) is 6.54 Å². The van der Waals surface area contributed by atoms with E-state index in [1.54, 1.807) is 64.4 Å². The highest BCUT2D eigenvalue weighted by atomic mass is 16.6. The van der Waals surface area contributed by atoms with Gasteiger partial charge in [0.05, 0.1) is 18.7 Å². The van der Waals surface area contributed by atoms with Gasteiger partial charge in [-0.3, -0.25) is 15.0 Å². The highest BCUT2D eigenvalue weighted by Crippen LogP contribution is 2.28. The first-order valence-corrected chi connectivity index (χ1v) is 10.1. The lowest BCUT2D eigenvalue weighted by atomic mass is 9.87. The van der Waals surface area contributed by atoms with E-state index >= 15 is 0 Å². The van der Waals surface area contributed by atoms with Crippen molar-refractivity contribution in [1.29, 1.82) is 0 Å². The van der Waals surface area contributed by atoms with Gasteiger partial charge in [0, 0.05) is 11.1 Å². The van der Waals surface area contributed by atoms with Crippen LogP contribution in [-0.2, 0) is 4.74 Å². The molecule has 2 aromatic carbocycles. The zero-order valence-corrected chi connectivity index (χ0v) is 18.6. The van der Waals surface area contributed by atoms with Crippen molar-refractivity contribution >= 4 is 11.8 Å². The van der Waals surface area contributed by atoms with Crippen LogP contribution in [-0.4, -0.2) is 30.3 Å². The Balaban J connectivity index is 2.33. The molecule has 0 saturated carbocycles. The van der Waals surface area contributed by atoms with Crippen molar-refractivity contribution in [2.24, 2.45) is 5.92 Å². The van der Waals surface area contributed by atoms with Gasteiger partial charge in [-0.05, 0) is 56.5 Å². The van der Waals surface area contributed by atoms with Crippen LogP contribution in [0.3, 0.4) is 0 Å². The number of rotatable bonds is 8. The Labute approximate surface area is 183 Å². The summed E-state index contributed by atoms with van der Waals surface area (Å²) >= 11 is 0. The smallest absolute Gasteiger partial charge is 0.418 e. The Morgan fingerprint density at radius 3 is 2.26 bits per heavy atom. The normalized spacial score (nSPS) is 13.5. The molecule has 0 fully saturated rings. The average Bonchev–Trinajstić information content (AvgIpc) is 2.71. The maximum atomic E-state index is 12.9. The van der Waals surface area contributed by atoms with E-state index in [1.807, 2.05) is 37.3 Å². The molecule has 7 nitrogen and oxygen atoms in total. The number of nitro groups is 1. The molecule has 166 valence electrons. The minimum Gasteiger partial charge on any atom is -0.497 e. The molecule has 2 aromatic rings. The van der Waals surface area contributed by atoms with E-state index in [4.69, 9.17) is 9.47 Å². The van der Waals surface area contributed by atoms with Crippen molar-refractivity contribution < 1.29 is 19.2 Å². The van der Waals surface area contributed by atoms with Gasteiger partial charge in [0.15, 0.2) is 0 Å². The number of carbonyl (C=O) groups is 1. The second-order valence-corrected chi connectivity index (χ2v) is 8.28. The van der Waals surface area contributed by atoms with E-state index in [2.05, 4.69) is 0 Å². The third kappa shape index (κ3) is 7.44. The van der Waals surface area contributed by atoms with Gasteiger partial charge in [-0.25, -0.2) is 4.79 Å². The van der Waals surface area contributed by atoms with E-state index in [0.717, 1.165) is 5.56 Å². The zero-order valence-electron chi connectivity index (χ0n) is 18.6. The molecular formula is C24H30N2O5. The van der Waals surface area contributed by atoms with Gasteiger partial charge in [0.1, 0.15) is 11.4 Å². The molecule has 0 heterocycles. The maximum absolute atomic E-state index is 12.9. The fourth-order valence-corrected chi connectivity index (χ4v) is 3.10. The molecule has 0 bridgehead atoms. The summed E-state index contributed by atoms with van der Waals surface area (Å²) in [5.74, 6) is 0.139. The minimum atomic E-state index is -0.667. The molecule has 0 aliphatic rings. The SMILES string of the molecule is COc1ccc(N(/C=C/[C@@H](C)[C@@H](C[N+](=O)[O-])c2ccccc2)C(=O)OC(C)(C)C)cc1. The number of allylic oxidation sites excluding steroid dienone is 1. The van der Waals surface area contributed by atoms with E-state index in [1.165, 1.54) is 4.90 Å². The monoisotopic (exact) mass is 426 g/mol. The summed E-state index contributed by atoms with van der Waals surface area (Å²) in [5.41, 5.74) is 0.813. The number of benzene rings is 2. The Hall–Kier alpha value is -3.35. The van der Waals surface area contributed by atoms with Crippen molar-refractivity contribution in [1.82, 2.24) is 0 Å². The van der Waals surface area contributed by atoms with Crippen LogP contribution < -0.4 is 9.64 Å². The van der Waals surface area contributed by atoms with Crippen LogP contribution >= 0.6 is 0 Å². The van der Waals surface area contributed by atoms with Crippen molar-refractivity contribution in [2.45, 2.75) is 39.2 Å². The highest BCUT2D eigenvalue weighted by molar-refractivity contribution is 5.90. The molecule has 0 aromatic heterocycles. The van der Waals surface area contributed by atoms with Gasteiger partial charge in [0.25, 0.3) is 0 Å². The molecule has 0 aliphatic heterocycles. The molecule has 2 atom stereocenters. The number of nitrogens with zero attached hydrogens (tertiary/aromatic N) is 2. The summed E-state index contributed by atoms with van der Waals surface area (Å²) < 4.78 is 10.7. The molecule has 2 rings (SSSR count). The van der Waals surface area contributed by atoms with Crippen LogP contribution in [0, 0.1) is 16.0 Å². The topological polar surface area (TPSA) is 81.9 Å². The third-order valence-corrected chi connectivity index (χ3v) is 4.69. The zero-order chi connectivity index (χ0) is 23.0. The fraction of sp³-hybridized carbons (Fsp3) is 0.375. The number of anilines is 1. The van der Waals surface area contributed by atoms with Gasteiger partial charge in [-0.1, -0.05) is 43.3 Å². The van der Waals surface area contributed by atoms with Crippen molar-refractivity contribution in [3.63, 3.8) is 0 Å². The number of hydrogen-bond acceptors (Lipinski definition) is 5. The Bertz CT molecular complexity index is 888. The number of carbonyl (C=O) groups excluding carboxylic acids is 1. The van der Waals surface area contributed by atoms with E-state index in [0.29, 0.717) is 11.4 Å². The lowest BCUT2D eigenvalue weighted by molar-refractivity contribution is -0.484. The summed E-state index contributed by atoms with van der Waals surface area (Å²) in [4.78, 5) is 25.2. The highest BCUT2D eigenvalue weighted by Gasteiger charge is 2.25. The Morgan fingerprint density at radius 2 is 1.74 bits per heavy atom. The largest absolute Gasteiger partial charge is 0.497 e. The second-order valence-electron chi connectivity index (χ2n) is 8.28. The molecule has 0 aliphatic carbocycles. The van der Waals surface area contributed by atoms with Crippen LogP contribution in [0.2, 0.25) is 0 Å². The van der Waals surface area contributed by atoms with Gasteiger partial charge < -0.3 is 9.47 Å². The minimum absolute atomic E-state index is 0.198.